The van der Waals surface area contributed by atoms with Gasteiger partial charge in [0.2, 0.25) is 0 Å². The zero-order valence-corrected chi connectivity index (χ0v) is 18.4. The predicted molar refractivity (Wildman–Crippen MR) is 126 cm³/mol. The number of pyridine rings is 1. The average molecular weight is 467 g/mol. The van der Waals surface area contributed by atoms with E-state index in [1.54, 1.807) is 43.3 Å². The minimum Gasteiger partial charge on any atom is -0.457 e. The molecule has 35 heavy (non-hydrogen) atoms. The highest BCUT2D eigenvalue weighted by Crippen LogP contribution is 2.34. The monoisotopic (exact) mass is 467 g/mol. The number of carbonyl (C=O) groups excluding carboxylic acids is 3. The number of ether oxygens (including phenoxy) is 1. The van der Waals surface area contributed by atoms with Gasteiger partial charge in [-0.1, -0.05) is 36.4 Å². The van der Waals surface area contributed by atoms with E-state index in [-0.39, 0.29) is 34.7 Å². The fourth-order valence-electron chi connectivity index (χ4n) is 4.13. The van der Waals surface area contributed by atoms with Gasteiger partial charge in [0.1, 0.15) is 6.61 Å². The number of anilines is 1. The van der Waals surface area contributed by atoms with Crippen LogP contribution in [-0.4, -0.2) is 27.7 Å². The predicted octanol–water partition coefficient (Wildman–Crippen LogP) is 4.61. The summed E-state index contributed by atoms with van der Waals surface area (Å²) in [5.74, 6) is -1.70. The highest BCUT2D eigenvalue weighted by atomic mass is 16.6. The van der Waals surface area contributed by atoms with Gasteiger partial charge >= 0.3 is 5.97 Å². The summed E-state index contributed by atoms with van der Waals surface area (Å²) in [5, 5.41) is 11.5. The number of carbonyl (C=O) groups is 3. The highest BCUT2D eigenvalue weighted by molar-refractivity contribution is 6.37. The third-order valence-corrected chi connectivity index (χ3v) is 5.74. The largest absolute Gasteiger partial charge is 0.457 e. The summed E-state index contributed by atoms with van der Waals surface area (Å²) in [7, 11) is 0. The number of para-hydroxylation sites is 1. The van der Waals surface area contributed by atoms with Crippen LogP contribution in [0.1, 0.15) is 42.3 Å². The van der Waals surface area contributed by atoms with Gasteiger partial charge in [-0.3, -0.25) is 24.7 Å². The van der Waals surface area contributed by atoms with Gasteiger partial charge in [-0.15, -0.1) is 0 Å². The number of fused-ring (bicyclic) bond motifs is 3. The van der Waals surface area contributed by atoms with Crippen molar-refractivity contribution < 1.29 is 24.0 Å². The fraction of sp³-hybridized carbons (Fsp3) is 0.0769. The minimum absolute atomic E-state index is 0.108. The van der Waals surface area contributed by atoms with E-state index in [2.05, 4.69) is 4.98 Å². The summed E-state index contributed by atoms with van der Waals surface area (Å²) in [6.07, 6.45) is 0. The molecule has 9 heteroatoms. The molecule has 0 fully saturated rings. The van der Waals surface area contributed by atoms with E-state index in [0.29, 0.717) is 22.2 Å². The van der Waals surface area contributed by atoms with Crippen LogP contribution >= 0.6 is 0 Å². The summed E-state index contributed by atoms with van der Waals surface area (Å²) >= 11 is 0. The molecule has 2 heterocycles. The van der Waals surface area contributed by atoms with Crippen molar-refractivity contribution in [2.75, 3.05) is 4.90 Å². The molecule has 0 atom stereocenters. The van der Waals surface area contributed by atoms with E-state index in [0.717, 1.165) is 4.90 Å². The fourth-order valence-corrected chi connectivity index (χ4v) is 4.13. The zero-order valence-electron chi connectivity index (χ0n) is 18.4. The number of imide groups is 1. The first-order valence-electron chi connectivity index (χ1n) is 10.6. The number of nitro groups is 1. The van der Waals surface area contributed by atoms with E-state index in [1.807, 2.05) is 6.07 Å². The molecule has 0 saturated heterocycles. The Morgan fingerprint density at radius 2 is 1.71 bits per heavy atom. The normalized spacial score (nSPS) is 12.7. The molecule has 0 radical (unpaired) electrons. The number of nitrogens with zero attached hydrogens (tertiary/aromatic N) is 3. The molecule has 4 aromatic rings. The number of aromatic nitrogens is 1. The molecule has 0 N–H and O–H groups in total. The Kier molecular flexibility index (Phi) is 5.29. The van der Waals surface area contributed by atoms with Crippen LogP contribution in [0, 0.1) is 17.0 Å². The Balaban J connectivity index is 1.42. The van der Waals surface area contributed by atoms with Crippen LogP contribution in [0.3, 0.4) is 0 Å². The van der Waals surface area contributed by atoms with Gasteiger partial charge in [-0.2, -0.15) is 0 Å². The van der Waals surface area contributed by atoms with Gasteiger partial charge in [0.25, 0.3) is 17.5 Å². The van der Waals surface area contributed by atoms with Crippen molar-refractivity contribution >= 4 is 40.1 Å². The molecule has 0 bridgehead atoms. The molecule has 0 saturated carbocycles. The average Bonchev–Trinajstić information content (AvgIpc) is 3.13. The van der Waals surface area contributed by atoms with Crippen LogP contribution in [0.15, 0.2) is 72.8 Å². The van der Waals surface area contributed by atoms with E-state index >= 15 is 0 Å². The Morgan fingerprint density at radius 1 is 0.971 bits per heavy atom. The lowest BCUT2D eigenvalue weighted by Gasteiger charge is -2.15. The van der Waals surface area contributed by atoms with Gasteiger partial charge < -0.3 is 4.74 Å². The summed E-state index contributed by atoms with van der Waals surface area (Å²) in [6.45, 7) is 1.51. The van der Waals surface area contributed by atoms with Crippen molar-refractivity contribution in [1.82, 2.24) is 4.98 Å². The van der Waals surface area contributed by atoms with Crippen LogP contribution in [-0.2, 0) is 11.3 Å². The summed E-state index contributed by atoms with van der Waals surface area (Å²) < 4.78 is 5.30. The van der Waals surface area contributed by atoms with Crippen LogP contribution in [0.2, 0.25) is 0 Å². The molecular weight excluding hydrogens is 450 g/mol. The van der Waals surface area contributed by atoms with Crippen LogP contribution < -0.4 is 4.90 Å². The standard InChI is InChI=1S/C26H17N3O6/c1-15-22-23(20-10-2-3-11-21(20)27-15)25(31)28(24(22)30)18-8-5-7-17(13-18)26(32)35-14-16-6-4-9-19(12-16)29(33)34/h2-13H,14H2,1H3. The Bertz CT molecular complexity index is 1560. The molecule has 9 nitrogen and oxygen atoms in total. The molecule has 3 aromatic carbocycles. The first kappa shape index (κ1) is 21.9. The number of benzene rings is 3. The lowest BCUT2D eigenvalue weighted by atomic mass is 10.0. The van der Waals surface area contributed by atoms with E-state index in [1.165, 1.54) is 30.3 Å². The zero-order chi connectivity index (χ0) is 24.7. The second kappa shape index (κ2) is 8.45. The smallest absolute Gasteiger partial charge is 0.338 e. The molecule has 0 unspecified atom stereocenters. The summed E-state index contributed by atoms with van der Waals surface area (Å²) in [6, 6.07) is 18.9. The topological polar surface area (TPSA) is 120 Å². The van der Waals surface area contributed by atoms with Crippen LogP contribution in [0.25, 0.3) is 10.9 Å². The number of amides is 2. The second-order valence-corrected chi connectivity index (χ2v) is 7.96. The first-order valence-corrected chi connectivity index (χ1v) is 10.6. The van der Waals surface area contributed by atoms with Gasteiger partial charge in [0, 0.05) is 17.5 Å². The van der Waals surface area contributed by atoms with Crippen molar-refractivity contribution in [3.63, 3.8) is 0 Å². The Hall–Kier alpha value is -4.92. The maximum absolute atomic E-state index is 13.4. The van der Waals surface area contributed by atoms with E-state index in [4.69, 9.17) is 4.74 Å². The number of rotatable bonds is 5. The quantitative estimate of drug-likeness (QED) is 0.182. The van der Waals surface area contributed by atoms with Crippen molar-refractivity contribution in [2.24, 2.45) is 0 Å². The SMILES string of the molecule is Cc1nc2ccccc2c2c1C(=O)N(c1cccc(C(=O)OCc3cccc([N+](=O)[O-])c3)c1)C2=O. The summed E-state index contributed by atoms with van der Waals surface area (Å²) in [4.78, 5) is 55.2. The number of esters is 1. The lowest BCUT2D eigenvalue weighted by Crippen LogP contribution is -2.29. The van der Waals surface area contributed by atoms with Gasteiger partial charge in [-0.25, -0.2) is 9.69 Å². The number of aryl methyl sites for hydroxylation is 1. The maximum atomic E-state index is 13.4. The number of hydrogen-bond acceptors (Lipinski definition) is 7. The Labute approximate surface area is 198 Å². The number of hydrogen-bond donors (Lipinski definition) is 0. The van der Waals surface area contributed by atoms with Crippen molar-refractivity contribution in [2.45, 2.75) is 13.5 Å². The molecular formula is C26H17N3O6. The molecule has 1 aliphatic heterocycles. The van der Waals surface area contributed by atoms with Crippen molar-refractivity contribution in [1.29, 1.82) is 0 Å². The molecule has 5 rings (SSSR count). The molecule has 1 aromatic heterocycles. The maximum Gasteiger partial charge on any atom is 0.338 e. The van der Waals surface area contributed by atoms with E-state index < -0.39 is 22.7 Å². The van der Waals surface area contributed by atoms with Gasteiger partial charge in [0.15, 0.2) is 0 Å². The number of nitro benzene ring substituents is 1. The summed E-state index contributed by atoms with van der Waals surface area (Å²) in [5.41, 5.74) is 2.30. The van der Waals surface area contributed by atoms with Crippen molar-refractivity contribution in [3.05, 3.63) is 111 Å². The van der Waals surface area contributed by atoms with E-state index in [9.17, 15) is 24.5 Å². The third-order valence-electron chi connectivity index (χ3n) is 5.74. The molecule has 0 aliphatic carbocycles. The number of non-ortho nitro benzene ring substituents is 1. The van der Waals surface area contributed by atoms with Crippen LogP contribution in [0.4, 0.5) is 11.4 Å². The first-order chi connectivity index (χ1) is 16.8. The van der Waals surface area contributed by atoms with Crippen molar-refractivity contribution in [3.8, 4) is 0 Å². The highest BCUT2D eigenvalue weighted by Gasteiger charge is 2.40. The lowest BCUT2D eigenvalue weighted by molar-refractivity contribution is -0.384. The second-order valence-electron chi connectivity index (χ2n) is 7.96. The Morgan fingerprint density at radius 3 is 2.51 bits per heavy atom. The molecule has 172 valence electrons. The minimum atomic E-state index is -0.696. The third kappa shape index (κ3) is 3.78. The molecule has 1 aliphatic rings. The molecule has 0 spiro atoms. The van der Waals surface area contributed by atoms with Gasteiger partial charge in [0.05, 0.1) is 38.5 Å². The molecule has 2 amide bonds. The van der Waals surface area contributed by atoms with Gasteiger partial charge in [-0.05, 0) is 36.8 Å². The van der Waals surface area contributed by atoms with Crippen LogP contribution in [0.5, 0.6) is 0 Å².